The molecule has 132 valence electrons. The van der Waals surface area contributed by atoms with Crippen molar-refractivity contribution in [2.45, 2.75) is 11.8 Å². The number of phenols is 1. The van der Waals surface area contributed by atoms with E-state index in [4.69, 9.17) is 0 Å². The van der Waals surface area contributed by atoms with E-state index in [2.05, 4.69) is 19.7 Å². The molecule has 0 amide bonds. The number of nitrogens with one attached hydrogen (secondary N) is 1. The van der Waals surface area contributed by atoms with Crippen LogP contribution in [0.4, 0.5) is 11.6 Å². The number of aliphatic imine (C=N–C) groups is 1. The second-order valence-corrected chi connectivity index (χ2v) is 7.12. The summed E-state index contributed by atoms with van der Waals surface area (Å²) in [5.41, 5.74) is 1.79. The molecule has 2 N–H and O–H groups in total. The van der Waals surface area contributed by atoms with E-state index in [0.29, 0.717) is 16.9 Å². The molecule has 0 aliphatic heterocycles. The molecular formula is C18H16N4O3S. The molecule has 3 aromatic rings. The third-order valence-corrected chi connectivity index (χ3v) is 4.80. The largest absolute Gasteiger partial charge is 0.507 e. The van der Waals surface area contributed by atoms with Crippen molar-refractivity contribution in [1.82, 2.24) is 9.97 Å². The Kier molecular flexibility index (Phi) is 4.94. The maximum atomic E-state index is 12.4. The molecule has 0 spiro atoms. The van der Waals surface area contributed by atoms with Gasteiger partial charge >= 0.3 is 0 Å². The van der Waals surface area contributed by atoms with Gasteiger partial charge in [-0.15, -0.1) is 0 Å². The Labute approximate surface area is 151 Å². The van der Waals surface area contributed by atoms with Gasteiger partial charge in [-0.2, -0.15) is 0 Å². The third kappa shape index (κ3) is 4.22. The summed E-state index contributed by atoms with van der Waals surface area (Å²) in [5, 5.41) is 9.71. The van der Waals surface area contributed by atoms with E-state index in [9.17, 15) is 13.5 Å². The highest BCUT2D eigenvalue weighted by Crippen LogP contribution is 2.19. The number of nitrogens with zero attached hydrogens (tertiary/aromatic N) is 3. The molecule has 0 saturated carbocycles. The van der Waals surface area contributed by atoms with Crippen LogP contribution >= 0.6 is 0 Å². The van der Waals surface area contributed by atoms with Crippen molar-refractivity contribution in [2.24, 2.45) is 4.99 Å². The van der Waals surface area contributed by atoms with Crippen molar-refractivity contribution in [3.8, 4) is 5.75 Å². The number of aromatic nitrogens is 2. The fourth-order valence-electron chi connectivity index (χ4n) is 2.13. The first kappa shape index (κ1) is 17.6. The number of aryl methyl sites for hydroxylation is 1. The number of hydrogen-bond acceptors (Lipinski definition) is 6. The average molecular weight is 368 g/mol. The smallest absolute Gasteiger partial charge is 0.264 e. The molecule has 0 aliphatic rings. The quantitative estimate of drug-likeness (QED) is 0.674. The van der Waals surface area contributed by atoms with Crippen LogP contribution in [0.2, 0.25) is 0 Å². The summed E-state index contributed by atoms with van der Waals surface area (Å²) >= 11 is 0. The first-order valence-corrected chi connectivity index (χ1v) is 9.17. The fraction of sp³-hybridized carbons (Fsp3) is 0.0556. The number of rotatable bonds is 5. The molecule has 0 atom stereocenters. The van der Waals surface area contributed by atoms with Crippen LogP contribution in [-0.4, -0.2) is 29.7 Å². The molecule has 3 rings (SSSR count). The second-order valence-electron chi connectivity index (χ2n) is 5.44. The molecule has 0 bridgehead atoms. The maximum absolute atomic E-state index is 12.4. The minimum absolute atomic E-state index is 0.0200. The highest BCUT2D eigenvalue weighted by molar-refractivity contribution is 7.92. The Morgan fingerprint density at radius 2 is 1.81 bits per heavy atom. The predicted octanol–water partition coefficient (Wildman–Crippen LogP) is 3.04. The molecule has 0 unspecified atom stereocenters. The minimum Gasteiger partial charge on any atom is -0.507 e. The van der Waals surface area contributed by atoms with Gasteiger partial charge in [0.25, 0.3) is 10.0 Å². The number of benzene rings is 2. The monoisotopic (exact) mass is 368 g/mol. The zero-order valence-corrected chi connectivity index (χ0v) is 14.7. The van der Waals surface area contributed by atoms with Crippen molar-refractivity contribution < 1.29 is 13.5 Å². The van der Waals surface area contributed by atoms with Crippen LogP contribution in [0.1, 0.15) is 11.3 Å². The van der Waals surface area contributed by atoms with Gasteiger partial charge in [-0.05, 0) is 49.4 Å². The van der Waals surface area contributed by atoms with Gasteiger partial charge in [0, 0.05) is 23.7 Å². The third-order valence-electron chi connectivity index (χ3n) is 3.46. The Morgan fingerprint density at radius 3 is 2.50 bits per heavy atom. The predicted molar refractivity (Wildman–Crippen MR) is 99.4 cm³/mol. The van der Waals surface area contributed by atoms with Crippen LogP contribution in [-0.2, 0) is 10.0 Å². The Bertz CT molecular complexity index is 1050. The average Bonchev–Trinajstić information content (AvgIpc) is 2.61. The van der Waals surface area contributed by atoms with Crippen LogP contribution < -0.4 is 4.72 Å². The van der Waals surface area contributed by atoms with Gasteiger partial charge in [0.1, 0.15) is 5.75 Å². The van der Waals surface area contributed by atoms with E-state index in [0.717, 1.165) is 0 Å². The van der Waals surface area contributed by atoms with Crippen LogP contribution in [0, 0.1) is 6.92 Å². The standard InChI is InChI=1S/C18H16N4O3S/c1-13-10-11-19-18(21-13)22-26(24,25)16-8-6-15(7-9-16)20-12-14-4-2-3-5-17(14)23/h2-12,23H,1H3,(H,19,21,22). The molecule has 0 aliphatic carbocycles. The molecule has 26 heavy (non-hydrogen) atoms. The number of hydrogen-bond donors (Lipinski definition) is 2. The summed E-state index contributed by atoms with van der Waals surface area (Å²) in [6, 6.07) is 14.5. The number of sulfonamides is 1. The minimum atomic E-state index is -3.79. The number of aromatic hydroxyl groups is 1. The van der Waals surface area contributed by atoms with Gasteiger partial charge in [-0.1, -0.05) is 12.1 Å². The Hall–Kier alpha value is -3.26. The molecule has 8 heteroatoms. The zero-order chi connectivity index (χ0) is 18.6. The van der Waals surface area contributed by atoms with Gasteiger partial charge in [0.2, 0.25) is 5.95 Å². The van der Waals surface area contributed by atoms with E-state index in [1.807, 2.05) is 0 Å². The SMILES string of the molecule is Cc1ccnc(NS(=O)(=O)c2ccc(N=Cc3ccccc3O)cc2)n1. The maximum Gasteiger partial charge on any atom is 0.264 e. The van der Waals surface area contributed by atoms with E-state index < -0.39 is 10.0 Å². The van der Waals surface area contributed by atoms with E-state index in [1.165, 1.54) is 24.5 Å². The topological polar surface area (TPSA) is 105 Å². The second kappa shape index (κ2) is 7.32. The van der Waals surface area contributed by atoms with Crippen molar-refractivity contribution in [3.05, 3.63) is 72.1 Å². The first-order chi connectivity index (χ1) is 12.4. The lowest BCUT2D eigenvalue weighted by atomic mass is 10.2. The van der Waals surface area contributed by atoms with Crippen LogP contribution in [0.15, 0.2) is 70.7 Å². The molecular weight excluding hydrogens is 352 g/mol. The van der Waals surface area contributed by atoms with Crippen LogP contribution in [0.5, 0.6) is 5.75 Å². The highest BCUT2D eigenvalue weighted by atomic mass is 32.2. The summed E-state index contributed by atoms with van der Waals surface area (Å²) in [7, 11) is -3.79. The lowest BCUT2D eigenvalue weighted by Gasteiger charge is -2.07. The van der Waals surface area contributed by atoms with Gasteiger partial charge in [0.05, 0.1) is 10.6 Å². The molecule has 0 radical (unpaired) electrons. The fourth-order valence-corrected chi connectivity index (χ4v) is 3.08. The van der Waals surface area contributed by atoms with E-state index in [-0.39, 0.29) is 16.6 Å². The Morgan fingerprint density at radius 1 is 1.08 bits per heavy atom. The van der Waals surface area contributed by atoms with Crippen molar-refractivity contribution in [1.29, 1.82) is 0 Å². The van der Waals surface area contributed by atoms with Gasteiger partial charge in [0.15, 0.2) is 0 Å². The lowest BCUT2D eigenvalue weighted by molar-refractivity contribution is 0.474. The van der Waals surface area contributed by atoms with E-state index >= 15 is 0 Å². The first-order valence-electron chi connectivity index (χ1n) is 7.69. The summed E-state index contributed by atoms with van der Waals surface area (Å²) in [4.78, 5) is 12.2. The normalized spacial score (nSPS) is 11.6. The molecule has 2 aromatic carbocycles. The van der Waals surface area contributed by atoms with Crippen molar-refractivity contribution in [3.63, 3.8) is 0 Å². The number of anilines is 1. The van der Waals surface area contributed by atoms with Crippen LogP contribution in [0.3, 0.4) is 0 Å². The summed E-state index contributed by atoms with van der Waals surface area (Å²) in [5.74, 6) is 0.143. The highest BCUT2D eigenvalue weighted by Gasteiger charge is 2.15. The number of phenolic OH excluding ortho intramolecular Hbond substituents is 1. The van der Waals surface area contributed by atoms with E-state index in [1.54, 1.807) is 49.4 Å². The summed E-state index contributed by atoms with van der Waals surface area (Å²) in [6.45, 7) is 1.75. The van der Waals surface area contributed by atoms with Gasteiger partial charge in [-0.25, -0.2) is 23.1 Å². The van der Waals surface area contributed by atoms with Gasteiger partial charge < -0.3 is 5.11 Å². The van der Waals surface area contributed by atoms with Crippen molar-refractivity contribution in [2.75, 3.05) is 4.72 Å². The van der Waals surface area contributed by atoms with Crippen molar-refractivity contribution >= 4 is 27.9 Å². The molecule has 1 heterocycles. The molecule has 7 nitrogen and oxygen atoms in total. The Balaban J connectivity index is 1.77. The lowest BCUT2D eigenvalue weighted by Crippen LogP contribution is -2.15. The molecule has 0 saturated heterocycles. The summed E-state index contributed by atoms with van der Waals surface area (Å²) in [6.07, 6.45) is 2.99. The molecule has 0 fully saturated rings. The van der Waals surface area contributed by atoms with Crippen LogP contribution in [0.25, 0.3) is 0 Å². The molecule has 1 aromatic heterocycles. The zero-order valence-electron chi connectivity index (χ0n) is 13.9. The van der Waals surface area contributed by atoms with Gasteiger partial charge in [-0.3, -0.25) is 4.99 Å². The summed E-state index contributed by atoms with van der Waals surface area (Å²) < 4.78 is 27.1. The number of para-hydroxylation sites is 1.